The maximum Gasteiger partial charge on any atom is 0.317 e. The van der Waals surface area contributed by atoms with Crippen molar-refractivity contribution in [3.05, 3.63) is 65.7 Å². The van der Waals surface area contributed by atoms with Crippen molar-refractivity contribution < 1.29 is 23.1 Å². The first-order chi connectivity index (χ1) is 15.0. The number of ether oxygens (including phenoxy) is 1. The van der Waals surface area contributed by atoms with Crippen LogP contribution >= 0.6 is 0 Å². The minimum atomic E-state index is -0.871. The molecule has 164 valence electrons. The summed E-state index contributed by atoms with van der Waals surface area (Å²) in [6.45, 7) is 1.94. The highest BCUT2D eigenvalue weighted by atomic mass is 19.1. The second kappa shape index (κ2) is 9.04. The summed E-state index contributed by atoms with van der Waals surface area (Å²) in [7, 11) is 0. The molecule has 1 saturated carbocycles. The van der Waals surface area contributed by atoms with E-state index in [-0.39, 0.29) is 24.1 Å². The number of nitrogens with zero attached hydrogens (tertiary/aromatic N) is 2. The van der Waals surface area contributed by atoms with Crippen LogP contribution in [0.15, 0.2) is 48.5 Å². The summed E-state index contributed by atoms with van der Waals surface area (Å²) in [5, 5.41) is 0. The number of esters is 1. The molecular formula is C24H26F2N2O3. The molecule has 1 saturated heterocycles. The number of rotatable bonds is 5. The Labute approximate surface area is 180 Å². The molecule has 0 bridgehead atoms. The Morgan fingerprint density at radius 2 is 1.58 bits per heavy atom. The van der Waals surface area contributed by atoms with Gasteiger partial charge in [-0.3, -0.25) is 9.59 Å². The van der Waals surface area contributed by atoms with Gasteiger partial charge in [0.2, 0.25) is 0 Å². The van der Waals surface area contributed by atoms with Crippen LogP contribution in [-0.2, 0) is 19.7 Å². The topological polar surface area (TPSA) is 49.9 Å². The van der Waals surface area contributed by atoms with Gasteiger partial charge in [-0.25, -0.2) is 8.78 Å². The van der Waals surface area contributed by atoms with Crippen molar-refractivity contribution in [1.29, 1.82) is 0 Å². The Hall–Kier alpha value is -2.96. The zero-order chi connectivity index (χ0) is 21.8. The lowest BCUT2D eigenvalue weighted by Gasteiger charge is -2.36. The van der Waals surface area contributed by atoms with Crippen molar-refractivity contribution in [3.63, 3.8) is 0 Å². The summed E-state index contributed by atoms with van der Waals surface area (Å²) < 4.78 is 32.3. The SMILES string of the molecule is O=C(COC(=O)C1(c2cccc(F)c2)CCCC1)N1CCN(c2ccc(F)cc2)CC1. The highest BCUT2D eigenvalue weighted by Gasteiger charge is 2.44. The van der Waals surface area contributed by atoms with E-state index in [1.807, 2.05) is 0 Å². The van der Waals surface area contributed by atoms with Crippen LogP contribution in [0.1, 0.15) is 31.2 Å². The van der Waals surface area contributed by atoms with Crippen LogP contribution in [0, 0.1) is 11.6 Å². The summed E-state index contributed by atoms with van der Waals surface area (Å²) in [4.78, 5) is 29.4. The van der Waals surface area contributed by atoms with Gasteiger partial charge in [0.15, 0.2) is 6.61 Å². The van der Waals surface area contributed by atoms with E-state index in [2.05, 4.69) is 4.90 Å². The van der Waals surface area contributed by atoms with Gasteiger partial charge in [0.25, 0.3) is 5.91 Å². The molecule has 1 aliphatic carbocycles. The van der Waals surface area contributed by atoms with Gasteiger partial charge in [0.1, 0.15) is 11.6 Å². The summed E-state index contributed by atoms with van der Waals surface area (Å²) in [5.74, 6) is -1.35. The normalized spacial score (nSPS) is 18.1. The van der Waals surface area contributed by atoms with Gasteiger partial charge in [-0.2, -0.15) is 0 Å². The largest absolute Gasteiger partial charge is 0.455 e. The maximum absolute atomic E-state index is 13.7. The Kier molecular flexibility index (Phi) is 6.20. The van der Waals surface area contributed by atoms with Crippen LogP contribution in [0.2, 0.25) is 0 Å². The van der Waals surface area contributed by atoms with E-state index >= 15 is 0 Å². The molecule has 2 aromatic rings. The van der Waals surface area contributed by atoms with Crippen molar-refractivity contribution in [2.45, 2.75) is 31.1 Å². The Morgan fingerprint density at radius 3 is 2.23 bits per heavy atom. The first-order valence-electron chi connectivity index (χ1n) is 10.7. The lowest BCUT2D eigenvalue weighted by molar-refractivity contribution is -0.157. The molecule has 0 radical (unpaired) electrons. The van der Waals surface area contributed by atoms with Gasteiger partial charge >= 0.3 is 5.97 Å². The summed E-state index contributed by atoms with van der Waals surface area (Å²) >= 11 is 0. The average molecular weight is 428 g/mol. The van der Waals surface area contributed by atoms with Crippen molar-refractivity contribution in [3.8, 4) is 0 Å². The first-order valence-corrected chi connectivity index (χ1v) is 10.7. The molecule has 2 aliphatic rings. The predicted molar refractivity (Wildman–Crippen MR) is 113 cm³/mol. The van der Waals surface area contributed by atoms with Crippen LogP contribution in [0.25, 0.3) is 0 Å². The second-order valence-corrected chi connectivity index (χ2v) is 8.22. The number of halogens is 2. The molecule has 4 rings (SSSR count). The lowest BCUT2D eigenvalue weighted by Crippen LogP contribution is -2.50. The number of hydrogen-bond acceptors (Lipinski definition) is 4. The number of piperazine rings is 1. The molecule has 0 aromatic heterocycles. The number of anilines is 1. The highest BCUT2D eigenvalue weighted by molar-refractivity contribution is 5.87. The van der Waals surface area contributed by atoms with E-state index in [1.165, 1.54) is 24.3 Å². The molecular weight excluding hydrogens is 402 g/mol. The maximum atomic E-state index is 13.7. The van der Waals surface area contributed by atoms with Crippen LogP contribution in [-0.4, -0.2) is 49.6 Å². The highest BCUT2D eigenvalue weighted by Crippen LogP contribution is 2.42. The zero-order valence-corrected chi connectivity index (χ0v) is 17.4. The van der Waals surface area contributed by atoms with E-state index in [0.717, 1.165) is 18.5 Å². The van der Waals surface area contributed by atoms with Gasteiger partial charge < -0.3 is 14.5 Å². The van der Waals surface area contributed by atoms with Crippen LogP contribution < -0.4 is 4.90 Å². The molecule has 0 spiro atoms. The molecule has 0 atom stereocenters. The predicted octanol–water partition coefficient (Wildman–Crippen LogP) is 3.67. The van der Waals surface area contributed by atoms with Crippen LogP contribution in [0.4, 0.5) is 14.5 Å². The van der Waals surface area contributed by atoms with Gasteiger partial charge in [-0.05, 0) is 54.8 Å². The van der Waals surface area contributed by atoms with E-state index in [9.17, 15) is 18.4 Å². The Morgan fingerprint density at radius 1 is 0.903 bits per heavy atom. The van der Waals surface area contributed by atoms with Crippen molar-refractivity contribution in [2.75, 3.05) is 37.7 Å². The minimum absolute atomic E-state index is 0.237. The number of amides is 1. The molecule has 1 heterocycles. The van der Waals surface area contributed by atoms with E-state index in [1.54, 1.807) is 29.2 Å². The summed E-state index contributed by atoms with van der Waals surface area (Å²) in [6, 6.07) is 12.4. The summed E-state index contributed by atoms with van der Waals surface area (Å²) in [5.41, 5.74) is 0.664. The fraction of sp³-hybridized carbons (Fsp3) is 0.417. The molecule has 1 aliphatic heterocycles. The van der Waals surface area contributed by atoms with Crippen LogP contribution in [0.3, 0.4) is 0 Å². The number of carbonyl (C=O) groups is 2. The molecule has 2 fully saturated rings. The number of benzene rings is 2. The third-order valence-corrected chi connectivity index (χ3v) is 6.38. The van der Waals surface area contributed by atoms with Gasteiger partial charge in [-0.15, -0.1) is 0 Å². The fourth-order valence-electron chi connectivity index (χ4n) is 4.60. The molecule has 0 unspecified atom stereocenters. The standard InChI is InChI=1S/C24H26F2N2O3/c25-19-6-8-21(9-7-19)27-12-14-28(15-13-27)22(29)17-31-23(30)24(10-1-2-11-24)18-4-3-5-20(26)16-18/h3-9,16H,1-2,10-15,17H2. The molecule has 7 heteroatoms. The second-order valence-electron chi connectivity index (χ2n) is 8.22. The van der Waals surface area contributed by atoms with E-state index in [4.69, 9.17) is 4.74 Å². The number of carbonyl (C=O) groups excluding carboxylic acids is 2. The van der Waals surface area contributed by atoms with Crippen molar-refractivity contribution in [2.24, 2.45) is 0 Å². The first kappa shape index (κ1) is 21.3. The third-order valence-electron chi connectivity index (χ3n) is 6.38. The molecule has 2 aromatic carbocycles. The van der Waals surface area contributed by atoms with Gasteiger partial charge in [-0.1, -0.05) is 25.0 Å². The monoisotopic (exact) mass is 428 g/mol. The molecule has 1 amide bonds. The Balaban J connectivity index is 1.33. The minimum Gasteiger partial charge on any atom is -0.455 e. The third kappa shape index (κ3) is 4.55. The molecule has 5 nitrogen and oxygen atoms in total. The van der Waals surface area contributed by atoms with E-state index in [0.29, 0.717) is 44.6 Å². The lowest BCUT2D eigenvalue weighted by atomic mass is 9.79. The summed E-state index contributed by atoms with van der Waals surface area (Å²) in [6.07, 6.45) is 2.93. The number of hydrogen-bond donors (Lipinski definition) is 0. The average Bonchev–Trinajstić information content (AvgIpc) is 3.29. The molecule has 0 N–H and O–H groups in total. The zero-order valence-electron chi connectivity index (χ0n) is 17.4. The van der Waals surface area contributed by atoms with E-state index < -0.39 is 11.4 Å². The van der Waals surface area contributed by atoms with Crippen molar-refractivity contribution in [1.82, 2.24) is 4.90 Å². The quantitative estimate of drug-likeness (QED) is 0.682. The Bertz CT molecular complexity index is 934. The van der Waals surface area contributed by atoms with Crippen molar-refractivity contribution >= 4 is 17.6 Å². The van der Waals surface area contributed by atoms with Gasteiger partial charge in [0, 0.05) is 31.9 Å². The van der Waals surface area contributed by atoms with Crippen LogP contribution in [0.5, 0.6) is 0 Å². The molecule has 31 heavy (non-hydrogen) atoms. The fourth-order valence-corrected chi connectivity index (χ4v) is 4.60. The van der Waals surface area contributed by atoms with Gasteiger partial charge in [0.05, 0.1) is 5.41 Å². The smallest absolute Gasteiger partial charge is 0.317 e.